The van der Waals surface area contributed by atoms with Crippen LogP contribution in [0.3, 0.4) is 0 Å². The van der Waals surface area contributed by atoms with Crippen LogP contribution in [0.5, 0.6) is 6.01 Å². The number of halogens is 1. The molecule has 0 aliphatic rings. The Bertz CT molecular complexity index is 1010. The molecule has 0 spiro atoms. The summed E-state index contributed by atoms with van der Waals surface area (Å²) in [5.41, 5.74) is 1.51. The maximum Gasteiger partial charge on any atom is 0.318 e. The molecule has 0 saturated heterocycles. The normalized spacial score (nSPS) is 10.1. The van der Waals surface area contributed by atoms with Crippen molar-refractivity contribution >= 4 is 23.5 Å². The molecule has 0 unspecified atom stereocenters. The molecule has 0 radical (unpaired) electrons. The average molecular weight is 381 g/mol. The molecule has 7 nitrogen and oxygen atoms in total. The highest BCUT2D eigenvalue weighted by molar-refractivity contribution is 8.00. The summed E-state index contributed by atoms with van der Waals surface area (Å²) < 4.78 is 22.1. The van der Waals surface area contributed by atoms with E-state index in [1.165, 1.54) is 0 Å². The zero-order valence-electron chi connectivity index (χ0n) is 13.8. The van der Waals surface area contributed by atoms with E-state index in [0.717, 1.165) is 23.7 Å². The molecule has 134 valence electrons. The summed E-state index contributed by atoms with van der Waals surface area (Å²) in [6.45, 7) is 0.131. The van der Waals surface area contributed by atoms with E-state index in [-0.39, 0.29) is 24.1 Å². The van der Waals surface area contributed by atoms with Crippen molar-refractivity contribution in [1.29, 1.82) is 5.26 Å². The minimum absolute atomic E-state index is 0.0244. The zero-order valence-corrected chi connectivity index (χ0v) is 14.6. The van der Waals surface area contributed by atoms with Crippen molar-refractivity contribution in [2.24, 2.45) is 5.18 Å². The molecule has 1 N–H and O–H groups in total. The van der Waals surface area contributed by atoms with Crippen molar-refractivity contribution in [3.8, 4) is 12.1 Å². The van der Waals surface area contributed by atoms with E-state index in [1.54, 1.807) is 48.5 Å². The number of ether oxygens (including phenoxy) is 1. The van der Waals surface area contributed by atoms with Gasteiger partial charge in [-0.1, -0.05) is 24.3 Å². The van der Waals surface area contributed by atoms with Crippen molar-refractivity contribution in [3.63, 3.8) is 0 Å². The second kappa shape index (κ2) is 8.73. The third kappa shape index (κ3) is 4.77. The van der Waals surface area contributed by atoms with Gasteiger partial charge in [0, 0.05) is 0 Å². The first-order chi connectivity index (χ1) is 13.2. The Labute approximate surface area is 158 Å². The van der Waals surface area contributed by atoms with E-state index < -0.39 is 5.82 Å². The van der Waals surface area contributed by atoms with Crippen molar-refractivity contribution in [2.45, 2.75) is 11.5 Å². The maximum atomic E-state index is 13.9. The molecule has 3 rings (SSSR count). The molecule has 0 amide bonds. The number of nitrogens with zero attached hydrogens (tertiary/aromatic N) is 4. The van der Waals surface area contributed by atoms with E-state index in [0.29, 0.717) is 10.5 Å². The van der Waals surface area contributed by atoms with Gasteiger partial charge in [-0.2, -0.15) is 10.2 Å². The highest BCUT2D eigenvalue weighted by atomic mass is 32.2. The standard InChI is InChI=1S/C18H12FN5O2S/c19-14-10-21-18(26-11-13-5-3-4-12(8-13)9-20)22-17(14)24-27-16-7-2-1-6-15(16)23-25/h1-8,10H,11H2,(H,21,22,24). The van der Waals surface area contributed by atoms with Gasteiger partial charge in [-0.05, 0) is 47.0 Å². The third-order valence-electron chi connectivity index (χ3n) is 3.37. The van der Waals surface area contributed by atoms with Gasteiger partial charge in [0.2, 0.25) is 0 Å². The second-order valence-corrected chi connectivity index (χ2v) is 6.06. The molecule has 0 aliphatic heterocycles. The lowest BCUT2D eigenvalue weighted by Crippen LogP contribution is -2.03. The van der Waals surface area contributed by atoms with Gasteiger partial charge in [0.05, 0.1) is 22.7 Å². The van der Waals surface area contributed by atoms with Crippen LogP contribution in [-0.2, 0) is 6.61 Å². The molecule has 1 heterocycles. The van der Waals surface area contributed by atoms with Crippen LogP contribution >= 0.6 is 11.9 Å². The lowest BCUT2D eigenvalue weighted by atomic mass is 10.1. The fourth-order valence-electron chi connectivity index (χ4n) is 2.09. The van der Waals surface area contributed by atoms with Crippen molar-refractivity contribution in [3.05, 3.63) is 76.6 Å². The summed E-state index contributed by atoms with van der Waals surface area (Å²) in [7, 11) is 0. The molecule has 2 aromatic carbocycles. The summed E-state index contributed by atoms with van der Waals surface area (Å²) >= 11 is 1.00. The summed E-state index contributed by atoms with van der Waals surface area (Å²) in [4.78, 5) is 19.1. The second-order valence-electron chi connectivity index (χ2n) is 5.21. The van der Waals surface area contributed by atoms with Gasteiger partial charge in [0.1, 0.15) is 12.3 Å². The molecule has 0 aliphatic carbocycles. The summed E-state index contributed by atoms with van der Waals surface area (Å²) in [5, 5.41) is 11.8. The lowest BCUT2D eigenvalue weighted by Gasteiger charge is -2.09. The first kappa shape index (κ1) is 18.3. The Kier molecular flexibility index (Phi) is 5.91. The number of nitriles is 1. The Morgan fingerprint density at radius 3 is 2.93 bits per heavy atom. The van der Waals surface area contributed by atoms with E-state index in [9.17, 15) is 9.30 Å². The topological polar surface area (TPSA) is 100 Å². The summed E-state index contributed by atoms with van der Waals surface area (Å²) in [6.07, 6.45) is 0.987. The van der Waals surface area contributed by atoms with Crippen molar-refractivity contribution < 1.29 is 9.13 Å². The van der Waals surface area contributed by atoms with Crippen LogP contribution in [0.25, 0.3) is 0 Å². The quantitative estimate of drug-likeness (QED) is 0.472. The Balaban J connectivity index is 1.68. The number of nitroso groups, excluding NO2 is 1. The maximum absolute atomic E-state index is 13.9. The molecule has 3 aromatic rings. The van der Waals surface area contributed by atoms with Crippen molar-refractivity contribution in [2.75, 3.05) is 4.72 Å². The average Bonchev–Trinajstić information content (AvgIpc) is 2.72. The van der Waals surface area contributed by atoms with Crippen LogP contribution in [0, 0.1) is 22.1 Å². The minimum atomic E-state index is -0.669. The fourth-order valence-corrected chi connectivity index (χ4v) is 2.80. The zero-order chi connectivity index (χ0) is 19.1. The number of anilines is 1. The molecule has 0 saturated carbocycles. The van der Waals surface area contributed by atoms with Crippen LogP contribution < -0.4 is 9.46 Å². The Hall–Kier alpha value is -3.51. The molecule has 0 fully saturated rings. The highest BCUT2D eigenvalue weighted by Gasteiger charge is 2.10. The van der Waals surface area contributed by atoms with Gasteiger partial charge < -0.3 is 9.46 Å². The molecule has 9 heteroatoms. The van der Waals surface area contributed by atoms with Crippen LogP contribution in [0.15, 0.2) is 64.8 Å². The number of hydrogen-bond donors (Lipinski definition) is 1. The van der Waals surface area contributed by atoms with E-state index >= 15 is 0 Å². The van der Waals surface area contributed by atoms with Crippen molar-refractivity contribution in [1.82, 2.24) is 9.97 Å². The first-order valence-electron chi connectivity index (χ1n) is 7.69. The lowest BCUT2D eigenvalue weighted by molar-refractivity contribution is 0.280. The molecule has 27 heavy (non-hydrogen) atoms. The molecular weight excluding hydrogens is 369 g/mol. The van der Waals surface area contributed by atoms with Gasteiger partial charge in [0.15, 0.2) is 11.6 Å². The van der Waals surface area contributed by atoms with E-state index in [1.807, 2.05) is 6.07 Å². The van der Waals surface area contributed by atoms with Gasteiger partial charge in [-0.3, -0.25) is 0 Å². The molecule has 0 atom stereocenters. The van der Waals surface area contributed by atoms with Crippen LogP contribution in [0.1, 0.15) is 11.1 Å². The predicted molar refractivity (Wildman–Crippen MR) is 98.9 cm³/mol. The van der Waals surface area contributed by atoms with Gasteiger partial charge >= 0.3 is 6.01 Å². The van der Waals surface area contributed by atoms with Crippen LogP contribution in [0.2, 0.25) is 0 Å². The largest absolute Gasteiger partial charge is 0.459 e. The first-order valence-corrected chi connectivity index (χ1v) is 8.51. The number of hydrogen-bond acceptors (Lipinski definition) is 8. The summed E-state index contributed by atoms with van der Waals surface area (Å²) in [5.74, 6) is -0.755. The number of benzene rings is 2. The third-order valence-corrected chi connectivity index (χ3v) is 4.23. The van der Waals surface area contributed by atoms with E-state index in [4.69, 9.17) is 10.00 Å². The van der Waals surface area contributed by atoms with Gasteiger partial charge in [0.25, 0.3) is 0 Å². The molecule has 1 aromatic heterocycles. The number of rotatable bonds is 7. The van der Waals surface area contributed by atoms with E-state index in [2.05, 4.69) is 19.9 Å². The molecule has 0 bridgehead atoms. The number of nitrogens with one attached hydrogen (secondary N) is 1. The van der Waals surface area contributed by atoms with Gasteiger partial charge in [-0.25, -0.2) is 9.37 Å². The monoisotopic (exact) mass is 381 g/mol. The van der Waals surface area contributed by atoms with Crippen LogP contribution in [-0.4, -0.2) is 9.97 Å². The van der Waals surface area contributed by atoms with Gasteiger partial charge in [-0.15, -0.1) is 4.91 Å². The smallest absolute Gasteiger partial charge is 0.318 e. The number of aromatic nitrogens is 2. The SMILES string of the molecule is N#Cc1cccc(COc2ncc(F)c(NSc3ccccc3N=O)n2)c1. The molecular formula is C18H12FN5O2S. The van der Waals surface area contributed by atoms with Crippen LogP contribution in [0.4, 0.5) is 15.9 Å². The predicted octanol–water partition coefficient (Wildman–Crippen LogP) is 4.58. The highest BCUT2D eigenvalue weighted by Crippen LogP contribution is 2.30. The Morgan fingerprint density at radius 1 is 1.26 bits per heavy atom. The minimum Gasteiger partial charge on any atom is -0.459 e. The summed E-state index contributed by atoms with van der Waals surface area (Å²) in [6, 6.07) is 15.6. The Morgan fingerprint density at radius 2 is 2.11 bits per heavy atom. The fraction of sp³-hybridized carbons (Fsp3) is 0.0556.